The molecule has 0 N–H and O–H groups in total. The third kappa shape index (κ3) is 4.67. The van der Waals surface area contributed by atoms with Crippen LogP contribution in [0.4, 0.5) is 0 Å². The number of nitrogens with zero attached hydrogens (tertiary/aromatic N) is 4. The average molecular weight is 687 g/mol. The Morgan fingerprint density at radius 3 is 2.52 bits per heavy atom. The number of benzene rings is 3. The van der Waals surface area contributed by atoms with Gasteiger partial charge in [-0.2, -0.15) is 10.5 Å². The summed E-state index contributed by atoms with van der Waals surface area (Å²) in [5.74, 6) is 0.0658. The zero-order chi connectivity index (χ0) is 34.9. The number of nitriles is 2. The van der Waals surface area contributed by atoms with Crippen molar-refractivity contribution in [2.45, 2.75) is 31.4 Å². The second kappa shape index (κ2) is 12.1. The van der Waals surface area contributed by atoms with Crippen LogP contribution in [0.15, 0.2) is 149 Å². The van der Waals surface area contributed by atoms with E-state index in [4.69, 9.17) is 0 Å². The van der Waals surface area contributed by atoms with Gasteiger partial charge in [-0.25, -0.2) is 0 Å². The van der Waals surface area contributed by atoms with Gasteiger partial charge in [-0.05, 0) is 88.9 Å². The Hall–Kier alpha value is -6.01. The van der Waals surface area contributed by atoms with Crippen LogP contribution >= 0.6 is 11.8 Å². The summed E-state index contributed by atoms with van der Waals surface area (Å²) in [4.78, 5) is 1.49. The molecule has 0 radical (unpaired) electrons. The largest absolute Gasteiger partial charge is 0.312 e. The van der Waals surface area contributed by atoms with E-state index in [1.165, 1.54) is 49.8 Å². The van der Waals surface area contributed by atoms with Gasteiger partial charge in [-0.1, -0.05) is 91.9 Å². The number of aromatic nitrogens is 2. The number of thioether (sulfide) groups is 1. The SMILES string of the molecule is C[C@H]1C=C(C#N)C=C(n2c3ccccc3c3cc(C#N)ccc32)C1C1=Cc2c3c(n(-c4ccccc4)c2CC=C1)C1=C(CC3)SC2C=CC=CC1=C2. The van der Waals surface area contributed by atoms with Crippen LogP contribution in [0.3, 0.4) is 0 Å². The van der Waals surface area contributed by atoms with E-state index in [1.54, 1.807) is 0 Å². The van der Waals surface area contributed by atoms with Crippen LogP contribution in [0.25, 0.3) is 44.8 Å². The Labute approximate surface area is 307 Å². The van der Waals surface area contributed by atoms with E-state index in [1.807, 2.05) is 23.9 Å². The fourth-order valence-electron chi connectivity index (χ4n) is 9.11. The second-order valence-corrected chi connectivity index (χ2v) is 15.5. The number of para-hydroxylation sites is 2. The molecule has 5 aromatic rings. The lowest BCUT2D eigenvalue weighted by atomic mass is 9.78. The first-order chi connectivity index (χ1) is 25.6. The first-order valence-electron chi connectivity index (χ1n) is 18.1. The highest BCUT2D eigenvalue weighted by molar-refractivity contribution is 8.04. The van der Waals surface area contributed by atoms with Crippen LogP contribution < -0.4 is 0 Å². The maximum Gasteiger partial charge on any atom is 0.0991 e. The number of fused-ring (bicyclic) bond motifs is 9. The summed E-state index contributed by atoms with van der Waals surface area (Å²) in [6.45, 7) is 2.24. The smallest absolute Gasteiger partial charge is 0.0991 e. The lowest BCUT2D eigenvalue weighted by Crippen LogP contribution is -2.21. The molecule has 10 rings (SSSR count). The quantitative estimate of drug-likeness (QED) is 0.190. The molecule has 0 fully saturated rings. The molecular weight excluding hydrogens is 653 g/mol. The fourth-order valence-corrected chi connectivity index (χ4v) is 10.4. The summed E-state index contributed by atoms with van der Waals surface area (Å²) in [6.07, 6.45) is 25.6. The standard InChI is InChI=1S/C47H34N4S/c1-29-22-31(28-49)24-43(51-40-16-8-7-15-36(40)38-23-30(27-48)18-20-42(38)51)45(29)33-11-9-17-41-39(26-33)37-19-21-44-46(32-10-5-6-14-35(25-32)52-44)47(37)50(41)34-12-3-2-4-13-34/h2-16,18,20,22-26,29,35,45H,17,19,21H2,1H3/t29-,35?,45?/m0/s1. The molecule has 4 nitrogen and oxygen atoms in total. The summed E-state index contributed by atoms with van der Waals surface area (Å²) in [7, 11) is 0. The minimum Gasteiger partial charge on any atom is -0.312 e. The minimum absolute atomic E-state index is 0.00684. The van der Waals surface area contributed by atoms with Gasteiger partial charge in [-0.15, -0.1) is 11.8 Å². The molecule has 0 saturated carbocycles. The molecule has 0 amide bonds. The zero-order valence-electron chi connectivity index (χ0n) is 28.8. The van der Waals surface area contributed by atoms with E-state index < -0.39 is 0 Å². The molecule has 3 atom stereocenters. The Bertz CT molecular complexity index is 2720. The highest BCUT2D eigenvalue weighted by Gasteiger charge is 2.36. The fraction of sp³-hybridized carbons (Fsp3) is 0.149. The average Bonchev–Trinajstić information content (AvgIpc) is 3.47. The van der Waals surface area contributed by atoms with Gasteiger partial charge in [0.25, 0.3) is 0 Å². The predicted molar refractivity (Wildman–Crippen MR) is 214 cm³/mol. The Morgan fingerprint density at radius 2 is 1.65 bits per heavy atom. The molecule has 52 heavy (non-hydrogen) atoms. The van der Waals surface area contributed by atoms with Gasteiger partial charge in [0.15, 0.2) is 0 Å². The van der Waals surface area contributed by atoms with Crippen molar-refractivity contribution in [2.24, 2.45) is 11.8 Å². The van der Waals surface area contributed by atoms with Crippen molar-refractivity contribution in [3.63, 3.8) is 0 Å². The summed E-state index contributed by atoms with van der Waals surface area (Å²) >= 11 is 2.00. The highest BCUT2D eigenvalue weighted by atomic mass is 32.2. The lowest BCUT2D eigenvalue weighted by molar-refractivity contribution is 0.585. The summed E-state index contributed by atoms with van der Waals surface area (Å²) < 4.78 is 4.89. The summed E-state index contributed by atoms with van der Waals surface area (Å²) in [5.41, 5.74) is 15.1. The molecule has 2 bridgehead atoms. The van der Waals surface area contributed by atoms with E-state index in [0.29, 0.717) is 16.4 Å². The molecule has 248 valence electrons. The Kier molecular flexibility index (Phi) is 7.14. The molecular formula is C47H34N4S. The van der Waals surface area contributed by atoms with Gasteiger partial charge < -0.3 is 9.13 Å². The highest BCUT2D eigenvalue weighted by Crippen LogP contribution is 2.51. The second-order valence-electron chi connectivity index (χ2n) is 14.2. The summed E-state index contributed by atoms with van der Waals surface area (Å²) in [6, 6.07) is 30.1. The maximum absolute atomic E-state index is 10.2. The molecule has 5 aliphatic rings. The van der Waals surface area contributed by atoms with Crippen LogP contribution in [0.5, 0.6) is 0 Å². The monoisotopic (exact) mass is 686 g/mol. The van der Waals surface area contributed by atoms with Crippen LogP contribution in [0, 0.1) is 34.5 Å². The first kappa shape index (κ1) is 30.8. The molecule has 0 spiro atoms. The van der Waals surface area contributed by atoms with E-state index in [-0.39, 0.29) is 11.8 Å². The van der Waals surface area contributed by atoms with Gasteiger partial charge in [0.05, 0.1) is 40.0 Å². The van der Waals surface area contributed by atoms with Crippen LogP contribution in [0.1, 0.15) is 41.4 Å². The topological polar surface area (TPSA) is 57.4 Å². The molecule has 3 aromatic carbocycles. The molecule has 4 aliphatic carbocycles. The normalized spacial score (nSPS) is 21.6. The molecule has 0 saturated heterocycles. The van der Waals surface area contributed by atoms with Gasteiger partial charge in [0, 0.05) is 56.6 Å². The van der Waals surface area contributed by atoms with Crippen molar-refractivity contribution in [3.8, 4) is 17.8 Å². The number of hydrogen-bond acceptors (Lipinski definition) is 3. The predicted octanol–water partition coefficient (Wildman–Crippen LogP) is 11.0. The molecule has 5 heteroatoms. The van der Waals surface area contributed by atoms with Gasteiger partial charge in [0.2, 0.25) is 0 Å². The third-order valence-electron chi connectivity index (χ3n) is 11.2. The van der Waals surface area contributed by atoms with E-state index in [0.717, 1.165) is 46.8 Å². The lowest BCUT2D eigenvalue weighted by Gasteiger charge is -2.31. The Balaban J connectivity index is 1.20. The molecule has 2 aromatic heterocycles. The molecule has 1 aliphatic heterocycles. The van der Waals surface area contributed by atoms with Gasteiger partial charge in [0.1, 0.15) is 0 Å². The van der Waals surface area contributed by atoms with Crippen molar-refractivity contribution >= 4 is 50.9 Å². The van der Waals surface area contributed by atoms with Gasteiger partial charge >= 0.3 is 0 Å². The van der Waals surface area contributed by atoms with Crippen LogP contribution in [-0.2, 0) is 12.8 Å². The number of allylic oxidation sites excluding steroid dienone is 13. The van der Waals surface area contributed by atoms with E-state index >= 15 is 0 Å². The minimum atomic E-state index is -0.00684. The van der Waals surface area contributed by atoms with Crippen molar-refractivity contribution in [1.82, 2.24) is 9.13 Å². The maximum atomic E-state index is 10.2. The number of rotatable bonds is 3. The van der Waals surface area contributed by atoms with Gasteiger partial charge in [-0.3, -0.25) is 0 Å². The molecule has 3 heterocycles. The van der Waals surface area contributed by atoms with Crippen molar-refractivity contribution in [3.05, 3.63) is 177 Å². The Morgan fingerprint density at radius 1 is 0.808 bits per heavy atom. The first-order valence-corrected chi connectivity index (χ1v) is 18.9. The van der Waals surface area contributed by atoms with Crippen LogP contribution in [-0.4, -0.2) is 14.4 Å². The van der Waals surface area contributed by atoms with Crippen molar-refractivity contribution < 1.29 is 0 Å². The van der Waals surface area contributed by atoms with E-state index in [9.17, 15) is 10.5 Å². The van der Waals surface area contributed by atoms with Crippen LogP contribution in [0.2, 0.25) is 0 Å². The molecule has 2 unspecified atom stereocenters. The third-order valence-corrected chi connectivity index (χ3v) is 12.5. The van der Waals surface area contributed by atoms with Crippen molar-refractivity contribution in [1.29, 1.82) is 10.5 Å². The van der Waals surface area contributed by atoms with Crippen molar-refractivity contribution in [2.75, 3.05) is 0 Å². The zero-order valence-corrected chi connectivity index (χ0v) is 29.6. The summed E-state index contributed by atoms with van der Waals surface area (Å²) in [5, 5.41) is 22.6. The van der Waals surface area contributed by atoms with E-state index in [2.05, 4.69) is 150 Å². The number of hydrogen-bond donors (Lipinski definition) is 0.